The van der Waals surface area contributed by atoms with Crippen LogP contribution in [0.2, 0.25) is 0 Å². The molecule has 4 nitrogen and oxygen atoms in total. The summed E-state index contributed by atoms with van der Waals surface area (Å²) in [6.07, 6.45) is 1.17. The Kier molecular flexibility index (Phi) is 9.13. The number of allylic oxidation sites excluding steroid dienone is 2. The monoisotopic (exact) mass is 653 g/mol. The average Bonchev–Trinajstić information content (AvgIpc) is 3.28. The molecule has 3 aromatic carbocycles. The molecule has 0 spiro atoms. The molecule has 0 aliphatic rings. The summed E-state index contributed by atoms with van der Waals surface area (Å²) in [6, 6.07) is 34.2. The van der Waals surface area contributed by atoms with Crippen LogP contribution in [0.3, 0.4) is 0 Å². The van der Waals surface area contributed by atoms with Crippen molar-refractivity contribution in [2.75, 3.05) is 0 Å². The van der Waals surface area contributed by atoms with Gasteiger partial charge in [-0.25, -0.2) is 0 Å². The van der Waals surface area contributed by atoms with Crippen molar-refractivity contribution in [1.29, 1.82) is 0 Å². The van der Waals surface area contributed by atoms with Gasteiger partial charge in [-0.1, -0.05) is 72.3 Å². The van der Waals surface area contributed by atoms with Crippen molar-refractivity contribution in [3.05, 3.63) is 114 Å². The number of fused-ring (bicyclic) bond motifs is 1. The van der Waals surface area contributed by atoms with E-state index in [0.717, 1.165) is 33.5 Å². The minimum absolute atomic E-state index is 0. The normalized spacial score (nSPS) is 10.8. The maximum atomic E-state index is 10.0. The minimum Gasteiger partial charge on any atom is -0.512 e. The fourth-order valence-electron chi connectivity index (χ4n) is 3.65. The van der Waals surface area contributed by atoms with Crippen molar-refractivity contribution in [1.82, 2.24) is 4.98 Å². The summed E-state index contributed by atoms with van der Waals surface area (Å²) in [5.74, 6) is 0.772. The number of carbonyl (C=O) groups is 1. The van der Waals surface area contributed by atoms with Crippen LogP contribution in [0.1, 0.15) is 19.4 Å². The van der Waals surface area contributed by atoms with Gasteiger partial charge in [0.05, 0.1) is 5.76 Å². The number of aliphatic hydroxyl groups is 1. The van der Waals surface area contributed by atoms with Crippen LogP contribution in [-0.2, 0) is 24.9 Å². The van der Waals surface area contributed by atoms with Gasteiger partial charge in [-0.2, -0.15) is 0 Å². The van der Waals surface area contributed by atoms with Crippen molar-refractivity contribution >= 4 is 16.9 Å². The second kappa shape index (κ2) is 12.3. The number of aliphatic hydroxyl groups excluding tert-OH is 1. The van der Waals surface area contributed by atoms with E-state index in [2.05, 4.69) is 67.6 Å². The summed E-state index contributed by atoms with van der Waals surface area (Å²) in [6.45, 7) is 4.93. The van der Waals surface area contributed by atoms with Crippen molar-refractivity contribution < 1.29 is 34.4 Å². The quantitative estimate of drug-likeness (QED) is 0.122. The van der Waals surface area contributed by atoms with Crippen molar-refractivity contribution in [3.63, 3.8) is 0 Å². The summed E-state index contributed by atoms with van der Waals surface area (Å²) in [5.41, 5.74) is 7.07. The molecular weight excluding hydrogens is 627 g/mol. The van der Waals surface area contributed by atoms with Gasteiger partial charge >= 0.3 is 0 Å². The number of ketones is 1. The van der Waals surface area contributed by atoms with E-state index in [1.165, 1.54) is 31.1 Å². The molecule has 2 heterocycles. The molecule has 1 radical (unpaired) electrons. The molecule has 0 aliphatic carbocycles. The zero-order valence-corrected chi connectivity index (χ0v) is 22.7. The van der Waals surface area contributed by atoms with E-state index in [0.29, 0.717) is 5.71 Å². The van der Waals surface area contributed by atoms with Crippen LogP contribution in [0, 0.1) is 13.0 Å². The van der Waals surface area contributed by atoms with Crippen LogP contribution in [0.15, 0.2) is 107 Å². The number of aryl methyl sites for hydroxylation is 1. The Bertz CT molecular complexity index is 1480. The van der Waals surface area contributed by atoms with E-state index in [9.17, 15) is 4.79 Å². The van der Waals surface area contributed by atoms with Gasteiger partial charge in [-0.05, 0) is 38.1 Å². The first-order valence-corrected chi connectivity index (χ1v) is 11.3. The molecule has 0 fully saturated rings. The third-order valence-corrected chi connectivity index (χ3v) is 5.32. The molecule has 0 aliphatic heterocycles. The third kappa shape index (κ3) is 6.88. The first-order valence-electron chi connectivity index (χ1n) is 11.3. The fraction of sp³-hybridized carbons (Fsp3) is 0.0968. The van der Waals surface area contributed by atoms with Gasteiger partial charge in [0, 0.05) is 37.1 Å². The molecule has 5 heteroatoms. The van der Waals surface area contributed by atoms with E-state index in [1.807, 2.05) is 36.4 Å². The van der Waals surface area contributed by atoms with Crippen LogP contribution in [0.25, 0.3) is 44.8 Å². The molecule has 0 atom stereocenters. The molecular formula is C31H26IrNO3-. The molecule has 0 saturated carbocycles. The Morgan fingerprint density at radius 1 is 0.889 bits per heavy atom. The molecule has 5 aromatic rings. The maximum absolute atomic E-state index is 10.0. The second-order valence-electron chi connectivity index (χ2n) is 8.32. The van der Waals surface area contributed by atoms with E-state index in [4.69, 9.17) is 14.5 Å². The molecule has 0 saturated heterocycles. The van der Waals surface area contributed by atoms with E-state index in [1.54, 1.807) is 0 Å². The number of nitrogens with zero attached hydrogens (tertiary/aromatic N) is 1. The van der Waals surface area contributed by atoms with Crippen LogP contribution in [-0.4, -0.2) is 15.9 Å². The molecule has 2 aromatic heterocycles. The van der Waals surface area contributed by atoms with Crippen LogP contribution >= 0.6 is 0 Å². The predicted octanol–water partition coefficient (Wildman–Crippen LogP) is 7.97. The number of carbonyl (C=O) groups excluding carboxylic acids is 1. The number of hydrogen-bond acceptors (Lipinski definition) is 4. The number of aromatic nitrogens is 1. The first kappa shape index (κ1) is 26.8. The van der Waals surface area contributed by atoms with Gasteiger partial charge in [-0.15, -0.1) is 35.4 Å². The molecule has 183 valence electrons. The largest absolute Gasteiger partial charge is 0.512 e. The Morgan fingerprint density at radius 3 is 2.25 bits per heavy atom. The SMILES string of the molecule is CC(=O)/C=C(/C)O.Cc1ccc(-c2cc3ccc(-c4[c-]ccc(-c5ccccc5)c4)nc3o2)cc1.[Ir]. The molecule has 0 bridgehead atoms. The van der Waals surface area contributed by atoms with Gasteiger partial charge in [0.2, 0.25) is 5.71 Å². The van der Waals surface area contributed by atoms with Crippen LogP contribution < -0.4 is 0 Å². The first-order chi connectivity index (χ1) is 16.9. The zero-order chi connectivity index (χ0) is 24.8. The third-order valence-electron chi connectivity index (χ3n) is 5.32. The Labute approximate surface area is 224 Å². The van der Waals surface area contributed by atoms with E-state index < -0.39 is 0 Å². The number of hydrogen-bond donors (Lipinski definition) is 1. The van der Waals surface area contributed by atoms with Crippen molar-refractivity contribution in [2.24, 2.45) is 0 Å². The van der Waals surface area contributed by atoms with Crippen LogP contribution in [0.4, 0.5) is 0 Å². The standard InChI is InChI=1S/C26H18NO.C5H8O2.Ir/c1-18-10-12-20(13-11-18)25-17-23-14-15-24(27-26(23)28-25)22-9-5-8-21(16-22)19-6-3-2-4-7-19;1-4(6)3-5(2)7;/h2-8,10-17H,1H3;3,6H,1-2H3;/q-1;;/b;4-3-;. The molecule has 0 amide bonds. The molecule has 36 heavy (non-hydrogen) atoms. The topological polar surface area (TPSA) is 63.3 Å². The van der Waals surface area contributed by atoms with Gasteiger partial charge in [0.1, 0.15) is 5.76 Å². The van der Waals surface area contributed by atoms with Gasteiger partial charge in [0.25, 0.3) is 0 Å². The van der Waals surface area contributed by atoms with E-state index in [-0.39, 0.29) is 31.6 Å². The number of furan rings is 1. The Morgan fingerprint density at radius 2 is 1.61 bits per heavy atom. The van der Waals surface area contributed by atoms with Crippen molar-refractivity contribution in [2.45, 2.75) is 20.8 Å². The van der Waals surface area contributed by atoms with E-state index >= 15 is 0 Å². The summed E-state index contributed by atoms with van der Waals surface area (Å²) in [7, 11) is 0. The van der Waals surface area contributed by atoms with Gasteiger partial charge in [0.15, 0.2) is 5.78 Å². The molecule has 0 unspecified atom stereocenters. The predicted molar refractivity (Wildman–Crippen MR) is 141 cm³/mol. The summed E-state index contributed by atoms with van der Waals surface area (Å²) < 4.78 is 6.05. The minimum atomic E-state index is -0.125. The summed E-state index contributed by atoms with van der Waals surface area (Å²) in [4.78, 5) is 14.8. The molecule has 5 rings (SSSR count). The Hall–Kier alpha value is -3.79. The average molecular weight is 653 g/mol. The molecule has 1 N–H and O–H groups in total. The zero-order valence-electron chi connectivity index (χ0n) is 20.3. The second-order valence-corrected chi connectivity index (χ2v) is 8.32. The number of pyridine rings is 1. The summed E-state index contributed by atoms with van der Waals surface area (Å²) in [5, 5.41) is 9.36. The van der Waals surface area contributed by atoms with Gasteiger partial charge in [-0.3, -0.25) is 9.78 Å². The van der Waals surface area contributed by atoms with Crippen molar-refractivity contribution in [3.8, 4) is 33.7 Å². The maximum Gasteiger partial charge on any atom is 0.217 e. The van der Waals surface area contributed by atoms with Crippen LogP contribution in [0.5, 0.6) is 0 Å². The summed E-state index contributed by atoms with van der Waals surface area (Å²) >= 11 is 0. The number of benzene rings is 3. The Balaban J connectivity index is 0.000000400. The fourth-order valence-corrected chi connectivity index (χ4v) is 3.65. The van der Waals surface area contributed by atoms with Gasteiger partial charge < -0.3 is 9.52 Å². The smallest absolute Gasteiger partial charge is 0.217 e. The number of rotatable bonds is 4.